The zero-order valence-corrected chi connectivity index (χ0v) is 23.4. The monoisotopic (exact) mass is 529 g/mol. The van der Waals surface area contributed by atoms with E-state index >= 15 is 0 Å². The van der Waals surface area contributed by atoms with Crippen molar-refractivity contribution in [2.75, 3.05) is 27.4 Å². The van der Waals surface area contributed by atoms with Crippen LogP contribution >= 0.6 is 0 Å². The van der Waals surface area contributed by atoms with Gasteiger partial charge in [0.2, 0.25) is 0 Å². The molecule has 7 heteroatoms. The van der Waals surface area contributed by atoms with Gasteiger partial charge in [-0.1, -0.05) is 44.5 Å². The first-order chi connectivity index (χ1) is 19.0. The van der Waals surface area contributed by atoms with Crippen LogP contribution in [0.15, 0.2) is 66.7 Å². The molecule has 206 valence electrons. The molecule has 4 aromatic rings. The van der Waals surface area contributed by atoms with E-state index in [0.29, 0.717) is 36.1 Å². The van der Waals surface area contributed by atoms with Crippen molar-refractivity contribution < 1.29 is 19.0 Å². The number of carbonyl (C=O) groups is 1. The number of hydrogen-bond donors (Lipinski definition) is 1. The molecule has 0 aliphatic heterocycles. The van der Waals surface area contributed by atoms with Crippen LogP contribution in [0, 0.1) is 0 Å². The number of aromatic nitrogens is 2. The van der Waals surface area contributed by atoms with E-state index in [1.54, 1.807) is 32.4 Å². The molecule has 1 N–H and O–H groups in total. The highest BCUT2D eigenvalue weighted by Gasteiger charge is 2.12. The second-order valence-electron chi connectivity index (χ2n) is 9.88. The summed E-state index contributed by atoms with van der Waals surface area (Å²) in [6, 6.07) is 21.8. The molecule has 0 saturated carbocycles. The number of amides is 1. The van der Waals surface area contributed by atoms with E-state index in [2.05, 4.69) is 54.1 Å². The lowest BCUT2D eigenvalue weighted by atomic mass is 10.0. The number of unbranched alkanes of at least 4 members (excludes halogenated alkanes) is 2. The first-order valence-corrected chi connectivity index (χ1v) is 13.7. The number of rotatable bonds is 14. The summed E-state index contributed by atoms with van der Waals surface area (Å²) in [6.07, 6.45) is 3.76. The maximum atomic E-state index is 12.5. The van der Waals surface area contributed by atoms with Gasteiger partial charge in [0, 0.05) is 18.5 Å². The largest absolute Gasteiger partial charge is 0.493 e. The topological polar surface area (TPSA) is 74.6 Å². The van der Waals surface area contributed by atoms with E-state index in [4.69, 9.17) is 19.2 Å². The normalized spacial score (nSPS) is 11.1. The van der Waals surface area contributed by atoms with Gasteiger partial charge >= 0.3 is 0 Å². The van der Waals surface area contributed by atoms with Gasteiger partial charge in [0.1, 0.15) is 18.2 Å². The molecular formula is C32H39N3O4. The summed E-state index contributed by atoms with van der Waals surface area (Å²) in [7, 11) is 3.14. The Morgan fingerprint density at radius 1 is 0.923 bits per heavy atom. The smallest absolute Gasteiger partial charge is 0.251 e. The van der Waals surface area contributed by atoms with Gasteiger partial charge in [-0.3, -0.25) is 4.79 Å². The Labute approximate surface area is 231 Å². The van der Waals surface area contributed by atoms with E-state index in [0.717, 1.165) is 54.8 Å². The van der Waals surface area contributed by atoms with Crippen molar-refractivity contribution in [2.24, 2.45) is 0 Å². The first kappa shape index (κ1) is 28.0. The van der Waals surface area contributed by atoms with Crippen molar-refractivity contribution in [2.45, 2.75) is 52.0 Å². The highest BCUT2D eigenvalue weighted by molar-refractivity contribution is 5.94. The van der Waals surface area contributed by atoms with Crippen LogP contribution in [0.5, 0.6) is 17.2 Å². The predicted octanol–water partition coefficient (Wildman–Crippen LogP) is 6.40. The average Bonchev–Trinajstić information content (AvgIpc) is 3.31. The number of hydrogen-bond acceptors (Lipinski definition) is 5. The number of imidazole rings is 1. The highest BCUT2D eigenvalue weighted by atomic mass is 16.5. The van der Waals surface area contributed by atoms with Gasteiger partial charge in [0.25, 0.3) is 5.91 Å². The molecule has 0 aliphatic carbocycles. The molecule has 3 aromatic carbocycles. The van der Waals surface area contributed by atoms with Crippen molar-refractivity contribution in [1.82, 2.24) is 14.9 Å². The van der Waals surface area contributed by atoms with E-state index in [1.165, 1.54) is 5.56 Å². The van der Waals surface area contributed by atoms with Crippen molar-refractivity contribution in [3.05, 3.63) is 83.7 Å². The van der Waals surface area contributed by atoms with Crippen molar-refractivity contribution >= 4 is 16.9 Å². The molecule has 39 heavy (non-hydrogen) atoms. The Kier molecular flexibility index (Phi) is 9.84. The predicted molar refractivity (Wildman–Crippen MR) is 155 cm³/mol. The Morgan fingerprint density at radius 3 is 2.44 bits per heavy atom. The van der Waals surface area contributed by atoms with Crippen molar-refractivity contribution in [1.29, 1.82) is 0 Å². The quantitative estimate of drug-likeness (QED) is 0.191. The number of fused-ring (bicyclic) bond motifs is 1. The third-order valence-electron chi connectivity index (χ3n) is 6.87. The molecule has 4 rings (SSSR count). The van der Waals surface area contributed by atoms with E-state index in [-0.39, 0.29) is 5.91 Å². The van der Waals surface area contributed by atoms with Crippen LogP contribution < -0.4 is 19.5 Å². The molecule has 0 spiro atoms. The summed E-state index contributed by atoms with van der Waals surface area (Å²) < 4.78 is 18.9. The molecule has 0 bridgehead atoms. The number of methoxy groups -OCH3 is 2. The fourth-order valence-electron chi connectivity index (χ4n) is 4.64. The summed E-state index contributed by atoms with van der Waals surface area (Å²) in [6.45, 7) is 6.32. The standard InChI is InChI=1S/C32H39N3O4/c1-23(2)24-13-16-26(17-14-24)39-21-20-35-28-11-8-7-10-27(28)34-31(35)12-6-5-9-19-33-32(36)25-15-18-29(37-3)30(22-25)38-4/h7-8,10-11,13-18,22-23H,5-6,9,12,19-21H2,1-4H3,(H,33,36). The number of nitrogens with zero attached hydrogens (tertiary/aromatic N) is 2. The van der Waals surface area contributed by atoms with Gasteiger partial charge in [0.15, 0.2) is 11.5 Å². The lowest BCUT2D eigenvalue weighted by molar-refractivity contribution is 0.0952. The Balaban J connectivity index is 1.26. The minimum absolute atomic E-state index is 0.114. The number of aryl methyl sites for hydroxylation is 1. The molecule has 0 radical (unpaired) electrons. The highest BCUT2D eigenvalue weighted by Crippen LogP contribution is 2.27. The minimum atomic E-state index is -0.114. The van der Waals surface area contributed by atoms with Crippen molar-refractivity contribution in [3.8, 4) is 17.2 Å². The maximum Gasteiger partial charge on any atom is 0.251 e. The summed E-state index contributed by atoms with van der Waals surface area (Å²) in [5.41, 5.74) is 4.01. The summed E-state index contributed by atoms with van der Waals surface area (Å²) >= 11 is 0. The fourth-order valence-corrected chi connectivity index (χ4v) is 4.64. The molecule has 0 atom stereocenters. The third-order valence-corrected chi connectivity index (χ3v) is 6.87. The van der Waals surface area contributed by atoms with Crippen LogP contribution in [0.2, 0.25) is 0 Å². The van der Waals surface area contributed by atoms with Gasteiger partial charge in [0.05, 0.1) is 31.8 Å². The van der Waals surface area contributed by atoms with Gasteiger partial charge in [-0.25, -0.2) is 4.98 Å². The summed E-state index contributed by atoms with van der Waals surface area (Å²) in [5.74, 6) is 3.50. The summed E-state index contributed by atoms with van der Waals surface area (Å²) in [4.78, 5) is 17.4. The first-order valence-electron chi connectivity index (χ1n) is 13.7. The molecule has 0 fully saturated rings. The zero-order valence-electron chi connectivity index (χ0n) is 23.4. The zero-order chi connectivity index (χ0) is 27.6. The molecule has 1 heterocycles. The lowest BCUT2D eigenvalue weighted by Crippen LogP contribution is -2.24. The maximum absolute atomic E-state index is 12.5. The van der Waals surface area contributed by atoms with E-state index in [1.807, 2.05) is 18.2 Å². The van der Waals surface area contributed by atoms with Crippen molar-refractivity contribution in [3.63, 3.8) is 0 Å². The fraction of sp³-hybridized carbons (Fsp3) is 0.375. The second kappa shape index (κ2) is 13.7. The van der Waals surface area contributed by atoms with Crippen LogP contribution in [0.1, 0.15) is 60.8 Å². The molecular weight excluding hydrogens is 490 g/mol. The molecule has 0 saturated heterocycles. The Bertz CT molecular complexity index is 1360. The Hall–Kier alpha value is -4.00. The molecule has 0 aliphatic rings. The number of nitrogens with one attached hydrogen (secondary N) is 1. The second-order valence-corrected chi connectivity index (χ2v) is 9.88. The Morgan fingerprint density at radius 2 is 1.69 bits per heavy atom. The van der Waals surface area contributed by atoms with Crippen LogP contribution in [-0.4, -0.2) is 42.8 Å². The minimum Gasteiger partial charge on any atom is -0.493 e. The van der Waals surface area contributed by atoms with Crippen LogP contribution in [0.3, 0.4) is 0 Å². The number of benzene rings is 3. The third kappa shape index (κ3) is 7.31. The molecule has 7 nitrogen and oxygen atoms in total. The van der Waals surface area contributed by atoms with Crippen LogP contribution in [0.4, 0.5) is 0 Å². The lowest BCUT2D eigenvalue weighted by Gasteiger charge is -2.12. The SMILES string of the molecule is COc1ccc(C(=O)NCCCCCc2nc3ccccc3n2CCOc2ccc(C(C)C)cc2)cc1OC. The number of para-hydroxylation sites is 2. The van der Waals surface area contributed by atoms with Gasteiger partial charge in [-0.15, -0.1) is 0 Å². The van der Waals surface area contributed by atoms with Gasteiger partial charge < -0.3 is 24.1 Å². The van der Waals surface area contributed by atoms with Gasteiger partial charge in [-0.2, -0.15) is 0 Å². The number of carbonyl (C=O) groups excluding carboxylic acids is 1. The van der Waals surface area contributed by atoms with E-state index < -0.39 is 0 Å². The molecule has 0 unspecified atom stereocenters. The average molecular weight is 530 g/mol. The number of ether oxygens (including phenoxy) is 3. The molecule has 1 amide bonds. The summed E-state index contributed by atoms with van der Waals surface area (Å²) in [5, 5.41) is 3.00. The van der Waals surface area contributed by atoms with E-state index in [9.17, 15) is 4.79 Å². The van der Waals surface area contributed by atoms with Crippen LogP contribution in [0.25, 0.3) is 11.0 Å². The van der Waals surface area contributed by atoms with Gasteiger partial charge in [-0.05, 0) is 66.8 Å². The van der Waals surface area contributed by atoms with Crippen LogP contribution in [-0.2, 0) is 13.0 Å². The molecule has 1 aromatic heterocycles.